The Bertz CT molecular complexity index is 712. The molecule has 2 amide bonds. The molecule has 7 heteroatoms. The third-order valence-corrected chi connectivity index (χ3v) is 6.25. The molecule has 1 saturated carbocycles. The lowest BCUT2D eigenvalue weighted by atomic mass is 9.94. The van der Waals surface area contributed by atoms with Gasteiger partial charge in [-0.15, -0.1) is 0 Å². The summed E-state index contributed by atoms with van der Waals surface area (Å²) in [6.07, 6.45) is 4.61. The smallest absolute Gasteiger partial charge is 0.255 e. The number of amides is 2. The summed E-state index contributed by atoms with van der Waals surface area (Å²) < 4.78 is 0. The Balaban J connectivity index is 1.66. The van der Waals surface area contributed by atoms with Crippen LogP contribution in [0.2, 0.25) is 10.0 Å². The van der Waals surface area contributed by atoms with Crippen molar-refractivity contribution < 1.29 is 9.59 Å². The van der Waals surface area contributed by atoms with E-state index in [4.69, 9.17) is 23.2 Å². The van der Waals surface area contributed by atoms with Gasteiger partial charge in [-0.2, -0.15) is 0 Å². The van der Waals surface area contributed by atoms with Crippen LogP contribution in [0.4, 0.5) is 0 Å². The fourth-order valence-electron chi connectivity index (χ4n) is 4.36. The maximum Gasteiger partial charge on any atom is 0.255 e. The third-order valence-electron chi connectivity index (χ3n) is 5.70. The lowest BCUT2D eigenvalue weighted by Gasteiger charge is -2.41. The second-order valence-electron chi connectivity index (χ2n) is 8.11. The van der Waals surface area contributed by atoms with E-state index in [1.807, 2.05) is 18.7 Å². The predicted molar refractivity (Wildman–Crippen MR) is 113 cm³/mol. The number of piperazine rings is 1. The minimum atomic E-state index is -0.0960. The molecule has 1 heterocycles. The summed E-state index contributed by atoms with van der Waals surface area (Å²) in [7, 11) is 0. The predicted octanol–water partition coefficient (Wildman–Crippen LogP) is 3.83. The minimum absolute atomic E-state index is 0.0784. The highest BCUT2D eigenvalue weighted by Gasteiger charge is 2.37. The number of benzene rings is 1. The number of nitrogens with zero attached hydrogens (tertiary/aromatic N) is 2. The van der Waals surface area contributed by atoms with Crippen LogP contribution < -0.4 is 5.32 Å². The zero-order valence-corrected chi connectivity index (χ0v) is 18.1. The van der Waals surface area contributed by atoms with E-state index in [-0.39, 0.29) is 23.9 Å². The van der Waals surface area contributed by atoms with Crippen LogP contribution in [0.25, 0.3) is 0 Å². The summed E-state index contributed by atoms with van der Waals surface area (Å²) >= 11 is 12.1. The summed E-state index contributed by atoms with van der Waals surface area (Å²) in [6, 6.07) is 4.99. The molecule has 1 N–H and O–H groups in total. The van der Waals surface area contributed by atoms with Crippen LogP contribution in [-0.4, -0.2) is 59.9 Å². The van der Waals surface area contributed by atoms with Gasteiger partial charge in [-0.25, -0.2) is 0 Å². The van der Waals surface area contributed by atoms with Crippen molar-refractivity contribution in [3.05, 3.63) is 33.8 Å². The van der Waals surface area contributed by atoms with E-state index >= 15 is 0 Å². The number of rotatable bonds is 5. The molecule has 154 valence electrons. The van der Waals surface area contributed by atoms with Crippen LogP contribution in [0.1, 0.15) is 49.9 Å². The van der Waals surface area contributed by atoms with Gasteiger partial charge in [0.1, 0.15) is 0 Å². The minimum Gasteiger partial charge on any atom is -0.353 e. The average molecular weight is 426 g/mol. The maximum atomic E-state index is 12.9. The molecule has 0 bridgehead atoms. The van der Waals surface area contributed by atoms with Crippen molar-refractivity contribution in [1.82, 2.24) is 15.1 Å². The first kappa shape index (κ1) is 21.4. The van der Waals surface area contributed by atoms with Crippen molar-refractivity contribution in [2.45, 2.75) is 51.6 Å². The lowest BCUT2D eigenvalue weighted by Crippen LogP contribution is -2.58. The second-order valence-corrected chi connectivity index (χ2v) is 8.95. The Morgan fingerprint density at radius 1 is 1.07 bits per heavy atom. The van der Waals surface area contributed by atoms with Gasteiger partial charge >= 0.3 is 0 Å². The number of hydrogen-bond donors (Lipinski definition) is 1. The molecule has 3 rings (SSSR count). The quantitative estimate of drug-likeness (QED) is 0.779. The molecule has 2 fully saturated rings. The molecule has 0 aromatic heterocycles. The molecule has 0 radical (unpaired) electrons. The number of hydrogen-bond acceptors (Lipinski definition) is 3. The molecule has 28 heavy (non-hydrogen) atoms. The van der Waals surface area contributed by atoms with Gasteiger partial charge in [-0.3, -0.25) is 14.5 Å². The van der Waals surface area contributed by atoms with Crippen LogP contribution in [0.3, 0.4) is 0 Å². The van der Waals surface area contributed by atoms with Crippen LogP contribution in [0, 0.1) is 5.92 Å². The maximum absolute atomic E-state index is 12.9. The SMILES string of the molecule is CC(C)NC(=O)[C@@H](C1CCCC1)N1CCN(C(=O)c2ccc(Cl)cc2Cl)CC1. The van der Waals surface area contributed by atoms with Crippen LogP contribution in [-0.2, 0) is 4.79 Å². The van der Waals surface area contributed by atoms with E-state index in [0.29, 0.717) is 47.7 Å². The zero-order chi connectivity index (χ0) is 20.3. The fourth-order valence-corrected chi connectivity index (χ4v) is 4.85. The normalized spacial score (nSPS) is 19.8. The molecule has 1 saturated heterocycles. The largest absolute Gasteiger partial charge is 0.353 e. The van der Waals surface area contributed by atoms with Crippen molar-refractivity contribution in [3.63, 3.8) is 0 Å². The lowest BCUT2D eigenvalue weighted by molar-refractivity contribution is -0.129. The number of nitrogens with one attached hydrogen (secondary N) is 1. The molecule has 1 aromatic rings. The zero-order valence-electron chi connectivity index (χ0n) is 16.6. The van der Waals surface area contributed by atoms with Crippen LogP contribution in [0.15, 0.2) is 18.2 Å². The van der Waals surface area contributed by atoms with E-state index in [1.165, 1.54) is 12.8 Å². The summed E-state index contributed by atoms with van der Waals surface area (Å²) in [4.78, 5) is 29.8. The van der Waals surface area contributed by atoms with Crippen molar-refractivity contribution in [1.29, 1.82) is 0 Å². The summed E-state index contributed by atoms with van der Waals surface area (Å²) in [5, 5.41) is 3.99. The first-order valence-corrected chi connectivity index (χ1v) is 10.9. The third kappa shape index (κ3) is 5.00. The fraction of sp³-hybridized carbons (Fsp3) is 0.619. The Hall–Kier alpha value is -1.30. The van der Waals surface area contributed by atoms with Crippen molar-refractivity contribution in [2.24, 2.45) is 5.92 Å². The summed E-state index contributed by atoms with van der Waals surface area (Å²) in [6.45, 7) is 6.57. The Kier molecular flexibility index (Phi) is 7.24. The highest BCUT2D eigenvalue weighted by atomic mass is 35.5. The molecule has 1 aliphatic carbocycles. The second kappa shape index (κ2) is 9.47. The molecule has 0 unspecified atom stereocenters. The standard InChI is InChI=1S/C21H29Cl2N3O2/c1-14(2)24-20(27)19(15-5-3-4-6-15)25-9-11-26(12-10-25)21(28)17-8-7-16(22)13-18(17)23/h7-8,13-15,19H,3-6,9-12H2,1-2H3,(H,24,27)/t19-/m1/s1. The average Bonchev–Trinajstić information content (AvgIpc) is 3.15. The number of carbonyl (C=O) groups excluding carboxylic acids is 2. The van der Waals surface area contributed by atoms with Crippen molar-refractivity contribution in [2.75, 3.05) is 26.2 Å². The van der Waals surface area contributed by atoms with Gasteiger partial charge in [0.25, 0.3) is 5.91 Å². The van der Waals surface area contributed by atoms with E-state index in [2.05, 4.69) is 10.2 Å². The van der Waals surface area contributed by atoms with E-state index in [0.717, 1.165) is 12.8 Å². The Labute approximate surface area is 177 Å². The topological polar surface area (TPSA) is 52.7 Å². The number of carbonyl (C=O) groups is 2. The number of halogens is 2. The monoisotopic (exact) mass is 425 g/mol. The first-order chi connectivity index (χ1) is 13.4. The van der Waals surface area contributed by atoms with Gasteiger partial charge in [0.2, 0.25) is 5.91 Å². The highest BCUT2D eigenvalue weighted by molar-refractivity contribution is 6.36. The van der Waals surface area contributed by atoms with Gasteiger partial charge in [-0.1, -0.05) is 36.0 Å². The summed E-state index contributed by atoms with van der Waals surface area (Å²) in [5.41, 5.74) is 0.476. The Morgan fingerprint density at radius 2 is 1.71 bits per heavy atom. The molecule has 0 spiro atoms. The molecular formula is C21H29Cl2N3O2. The Morgan fingerprint density at radius 3 is 2.29 bits per heavy atom. The van der Waals surface area contributed by atoms with Gasteiger partial charge in [-0.05, 0) is 50.8 Å². The molecular weight excluding hydrogens is 397 g/mol. The van der Waals surface area contributed by atoms with Crippen LogP contribution >= 0.6 is 23.2 Å². The molecule has 5 nitrogen and oxygen atoms in total. The molecule has 1 atom stereocenters. The van der Waals surface area contributed by atoms with E-state index in [9.17, 15) is 9.59 Å². The van der Waals surface area contributed by atoms with Gasteiger partial charge in [0.15, 0.2) is 0 Å². The van der Waals surface area contributed by atoms with E-state index < -0.39 is 0 Å². The van der Waals surface area contributed by atoms with Gasteiger partial charge < -0.3 is 10.2 Å². The first-order valence-electron chi connectivity index (χ1n) is 10.2. The van der Waals surface area contributed by atoms with Gasteiger partial charge in [0, 0.05) is 37.2 Å². The van der Waals surface area contributed by atoms with Gasteiger partial charge in [0.05, 0.1) is 16.6 Å². The molecule has 1 aliphatic heterocycles. The molecule has 1 aromatic carbocycles. The summed E-state index contributed by atoms with van der Waals surface area (Å²) in [5.74, 6) is 0.458. The molecule has 2 aliphatic rings. The van der Waals surface area contributed by atoms with Crippen LogP contribution in [0.5, 0.6) is 0 Å². The van der Waals surface area contributed by atoms with Crippen molar-refractivity contribution >= 4 is 35.0 Å². The highest BCUT2D eigenvalue weighted by Crippen LogP contribution is 2.31. The van der Waals surface area contributed by atoms with Crippen molar-refractivity contribution in [3.8, 4) is 0 Å². The van der Waals surface area contributed by atoms with E-state index in [1.54, 1.807) is 18.2 Å².